The number of oxazole rings is 1. The van der Waals surface area contributed by atoms with E-state index in [9.17, 15) is 9.59 Å². The monoisotopic (exact) mass is 473 g/mol. The fourth-order valence-electron chi connectivity index (χ4n) is 4.37. The van der Waals surface area contributed by atoms with Crippen molar-refractivity contribution in [3.8, 4) is 5.69 Å². The molecule has 4 aromatic rings. The molecule has 1 N–H and O–H groups in total. The highest BCUT2D eigenvalue weighted by Crippen LogP contribution is 2.27. The molecule has 1 aliphatic heterocycles. The molecule has 0 saturated carbocycles. The molecule has 35 heavy (non-hydrogen) atoms. The third kappa shape index (κ3) is 4.62. The van der Waals surface area contributed by atoms with Crippen LogP contribution >= 0.6 is 0 Å². The smallest absolute Gasteiger partial charge is 0.341 e. The minimum atomic E-state index is -0.398. The van der Waals surface area contributed by atoms with Gasteiger partial charge in [0.1, 0.15) is 11.1 Å². The van der Waals surface area contributed by atoms with E-state index in [1.165, 1.54) is 6.20 Å². The Hall–Kier alpha value is -4.14. The lowest BCUT2D eigenvalue weighted by atomic mass is 9.96. The molecule has 0 radical (unpaired) electrons. The van der Waals surface area contributed by atoms with Gasteiger partial charge in [-0.2, -0.15) is 10.1 Å². The number of nitrogens with zero attached hydrogens (tertiary/aromatic N) is 4. The van der Waals surface area contributed by atoms with E-state index >= 15 is 0 Å². The van der Waals surface area contributed by atoms with Gasteiger partial charge in [0.15, 0.2) is 5.58 Å². The largest absolute Gasteiger partial charge is 0.462 e. The van der Waals surface area contributed by atoms with Crippen molar-refractivity contribution in [1.82, 2.24) is 14.8 Å². The molecule has 2 aromatic carbocycles. The number of carbonyl (C=O) groups is 2. The zero-order valence-corrected chi connectivity index (χ0v) is 19.7. The minimum absolute atomic E-state index is 0.0104. The molecule has 1 fully saturated rings. The zero-order valence-electron chi connectivity index (χ0n) is 19.7. The highest BCUT2D eigenvalue weighted by Gasteiger charge is 2.27. The van der Waals surface area contributed by atoms with Gasteiger partial charge in [0, 0.05) is 24.7 Å². The summed E-state index contributed by atoms with van der Waals surface area (Å²) in [6.45, 7) is 5.29. The second-order valence-corrected chi connectivity index (χ2v) is 8.54. The number of para-hydroxylation sites is 2. The normalized spacial score (nSPS) is 14.3. The van der Waals surface area contributed by atoms with Gasteiger partial charge in [0.2, 0.25) is 5.91 Å². The number of hydrogen-bond donors (Lipinski definition) is 1. The Morgan fingerprint density at radius 3 is 2.71 bits per heavy atom. The van der Waals surface area contributed by atoms with Gasteiger partial charge in [-0.1, -0.05) is 18.2 Å². The molecule has 9 heteroatoms. The number of piperidine rings is 1. The summed E-state index contributed by atoms with van der Waals surface area (Å²) in [4.78, 5) is 31.7. The molecule has 2 aromatic heterocycles. The third-order valence-corrected chi connectivity index (χ3v) is 6.28. The number of anilines is 2. The van der Waals surface area contributed by atoms with Gasteiger partial charge in [0.05, 0.1) is 24.2 Å². The molecule has 5 rings (SSSR count). The number of fused-ring (bicyclic) bond motifs is 1. The summed E-state index contributed by atoms with van der Waals surface area (Å²) in [6.07, 6.45) is 2.93. The van der Waals surface area contributed by atoms with E-state index in [2.05, 4.69) is 20.3 Å². The zero-order chi connectivity index (χ0) is 24.4. The predicted octanol–water partition coefficient (Wildman–Crippen LogP) is 4.35. The number of nitrogens with one attached hydrogen (secondary N) is 1. The number of ether oxygens (including phenoxy) is 1. The van der Waals surface area contributed by atoms with Gasteiger partial charge in [-0.25, -0.2) is 9.48 Å². The van der Waals surface area contributed by atoms with Gasteiger partial charge in [-0.3, -0.25) is 4.79 Å². The predicted molar refractivity (Wildman–Crippen MR) is 132 cm³/mol. The van der Waals surface area contributed by atoms with Crippen LogP contribution in [0.4, 0.5) is 11.7 Å². The Morgan fingerprint density at radius 2 is 1.94 bits per heavy atom. The van der Waals surface area contributed by atoms with Crippen molar-refractivity contribution in [2.24, 2.45) is 5.92 Å². The van der Waals surface area contributed by atoms with Crippen molar-refractivity contribution in [1.29, 1.82) is 0 Å². The lowest BCUT2D eigenvalue weighted by molar-refractivity contribution is -0.120. The molecular formula is C26H27N5O4. The number of benzene rings is 2. The lowest BCUT2D eigenvalue weighted by Crippen LogP contribution is -2.38. The van der Waals surface area contributed by atoms with Gasteiger partial charge in [-0.05, 0) is 57.0 Å². The SMILES string of the molecule is CCOC(=O)c1cnn(-c2cccc(NC(=O)C3CCN(c4nc5ccccc5o4)CC3)c2)c1C. The van der Waals surface area contributed by atoms with E-state index in [1.807, 2.05) is 55.5 Å². The fourth-order valence-corrected chi connectivity index (χ4v) is 4.37. The summed E-state index contributed by atoms with van der Waals surface area (Å²) in [6, 6.07) is 15.7. The first-order chi connectivity index (χ1) is 17.0. The molecule has 0 unspecified atom stereocenters. The highest BCUT2D eigenvalue weighted by molar-refractivity contribution is 5.93. The topological polar surface area (TPSA) is 102 Å². The standard InChI is InChI=1S/C26H27N5O4/c1-3-34-25(33)21-16-27-31(17(21)2)20-8-6-7-19(15-20)28-24(32)18-11-13-30(14-12-18)26-29-22-9-4-5-10-23(22)35-26/h4-10,15-16,18H,3,11-14H2,1-2H3,(H,28,32). The van der Waals surface area contributed by atoms with Crippen LogP contribution in [0.2, 0.25) is 0 Å². The molecule has 3 heterocycles. The van der Waals surface area contributed by atoms with Crippen molar-refractivity contribution >= 4 is 34.7 Å². The highest BCUT2D eigenvalue weighted by atomic mass is 16.5. The number of hydrogen-bond acceptors (Lipinski definition) is 7. The Labute approximate surface area is 202 Å². The number of rotatable bonds is 6. The second kappa shape index (κ2) is 9.61. The van der Waals surface area contributed by atoms with E-state index in [-0.39, 0.29) is 11.8 Å². The van der Waals surface area contributed by atoms with E-state index in [1.54, 1.807) is 11.6 Å². The summed E-state index contributed by atoms with van der Waals surface area (Å²) in [7, 11) is 0. The minimum Gasteiger partial charge on any atom is -0.462 e. The van der Waals surface area contributed by atoms with E-state index < -0.39 is 5.97 Å². The van der Waals surface area contributed by atoms with Gasteiger partial charge < -0.3 is 19.4 Å². The number of carbonyl (C=O) groups excluding carboxylic acids is 2. The summed E-state index contributed by atoms with van der Waals surface area (Å²) >= 11 is 0. The average Bonchev–Trinajstić information content (AvgIpc) is 3.48. The quantitative estimate of drug-likeness (QED) is 0.415. The van der Waals surface area contributed by atoms with E-state index in [0.29, 0.717) is 55.5 Å². The Bertz CT molecular complexity index is 1330. The molecule has 9 nitrogen and oxygen atoms in total. The first kappa shape index (κ1) is 22.6. The molecule has 180 valence electrons. The van der Waals surface area contributed by atoms with Crippen LogP contribution in [-0.4, -0.2) is 46.3 Å². The Balaban J connectivity index is 1.22. The van der Waals surface area contributed by atoms with Crippen LogP contribution in [0, 0.1) is 12.8 Å². The molecular weight excluding hydrogens is 446 g/mol. The average molecular weight is 474 g/mol. The van der Waals surface area contributed by atoms with Crippen molar-refractivity contribution in [2.45, 2.75) is 26.7 Å². The van der Waals surface area contributed by atoms with Crippen LogP contribution in [0.5, 0.6) is 0 Å². The second-order valence-electron chi connectivity index (χ2n) is 8.54. The van der Waals surface area contributed by atoms with Gasteiger partial charge in [0.25, 0.3) is 6.01 Å². The van der Waals surface area contributed by atoms with Crippen LogP contribution in [0.1, 0.15) is 35.8 Å². The lowest BCUT2D eigenvalue weighted by Gasteiger charge is -2.30. The maximum atomic E-state index is 13.0. The third-order valence-electron chi connectivity index (χ3n) is 6.28. The summed E-state index contributed by atoms with van der Waals surface area (Å²) in [5.41, 5.74) is 4.14. The summed E-state index contributed by atoms with van der Waals surface area (Å²) in [5, 5.41) is 7.37. The molecule has 0 spiro atoms. The van der Waals surface area contributed by atoms with Crippen molar-refractivity contribution in [3.05, 3.63) is 66.0 Å². The van der Waals surface area contributed by atoms with Crippen LogP contribution in [0.25, 0.3) is 16.8 Å². The molecule has 1 aliphatic rings. The molecule has 0 atom stereocenters. The van der Waals surface area contributed by atoms with Crippen molar-refractivity contribution in [2.75, 3.05) is 29.9 Å². The number of esters is 1. The maximum absolute atomic E-state index is 13.0. The van der Waals surface area contributed by atoms with E-state index in [0.717, 1.165) is 16.8 Å². The Kier molecular flexibility index (Phi) is 6.22. The van der Waals surface area contributed by atoms with Gasteiger partial charge >= 0.3 is 5.97 Å². The molecule has 0 bridgehead atoms. The van der Waals surface area contributed by atoms with E-state index in [4.69, 9.17) is 9.15 Å². The van der Waals surface area contributed by atoms with Crippen molar-refractivity contribution < 1.29 is 18.7 Å². The maximum Gasteiger partial charge on any atom is 0.341 e. The Morgan fingerprint density at radius 1 is 1.14 bits per heavy atom. The summed E-state index contributed by atoms with van der Waals surface area (Å²) < 4.78 is 12.6. The molecule has 1 amide bonds. The number of aromatic nitrogens is 3. The first-order valence-corrected chi connectivity index (χ1v) is 11.8. The van der Waals surface area contributed by atoms with Gasteiger partial charge in [-0.15, -0.1) is 0 Å². The molecule has 1 saturated heterocycles. The molecule has 0 aliphatic carbocycles. The van der Waals surface area contributed by atoms with Crippen molar-refractivity contribution in [3.63, 3.8) is 0 Å². The van der Waals surface area contributed by atoms with Crippen LogP contribution in [0.3, 0.4) is 0 Å². The van der Waals surface area contributed by atoms with Crippen LogP contribution < -0.4 is 10.2 Å². The fraction of sp³-hybridized carbons (Fsp3) is 0.308. The number of amides is 1. The first-order valence-electron chi connectivity index (χ1n) is 11.8. The summed E-state index contributed by atoms with van der Waals surface area (Å²) in [5.74, 6) is -0.505. The van der Waals surface area contributed by atoms with Crippen LogP contribution in [0.15, 0.2) is 59.1 Å². The van der Waals surface area contributed by atoms with Crippen LogP contribution in [-0.2, 0) is 9.53 Å².